The first-order valence-electron chi connectivity index (χ1n) is 9.60. The molecule has 0 spiro atoms. The van der Waals surface area contributed by atoms with Crippen LogP contribution in [0.4, 0.5) is 5.69 Å². The van der Waals surface area contributed by atoms with Gasteiger partial charge in [-0.05, 0) is 61.5 Å². The van der Waals surface area contributed by atoms with Crippen molar-refractivity contribution >= 4 is 33.2 Å². The van der Waals surface area contributed by atoms with Crippen LogP contribution in [0.5, 0.6) is 11.5 Å². The summed E-state index contributed by atoms with van der Waals surface area (Å²) in [7, 11) is -3.75. The van der Waals surface area contributed by atoms with Gasteiger partial charge in [-0.25, -0.2) is 13.1 Å². The van der Waals surface area contributed by atoms with Crippen LogP contribution < -0.4 is 14.8 Å². The molecule has 3 aromatic rings. The molecule has 0 radical (unpaired) electrons. The molecule has 9 heteroatoms. The van der Waals surface area contributed by atoms with Gasteiger partial charge in [0.2, 0.25) is 10.0 Å². The molecule has 0 aliphatic heterocycles. The molecule has 0 aliphatic rings. The van der Waals surface area contributed by atoms with Gasteiger partial charge in [-0.3, -0.25) is 4.79 Å². The van der Waals surface area contributed by atoms with Gasteiger partial charge in [0.15, 0.2) is 5.75 Å². The largest absolute Gasteiger partial charge is 0.455 e. The average molecular weight is 470 g/mol. The van der Waals surface area contributed by atoms with Crippen molar-refractivity contribution in [1.29, 1.82) is 5.26 Å². The van der Waals surface area contributed by atoms with E-state index >= 15 is 0 Å². The van der Waals surface area contributed by atoms with E-state index in [1.54, 1.807) is 18.2 Å². The van der Waals surface area contributed by atoms with Crippen LogP contribution >= 0.6 is 11.6 Å². The van der Waals surface area contributed by atoms with Crippen LogP contribution in [0.25, 0.3) is 0 Å². The molecule has 0 heterocycles. The van der Waals surface area contributed by atoms with E-state index in [9.17, 15) is 13.2 Å². The van der Waals surface area contributed by atoms with Crippen LogP contribution in [0.15, 0.2) is 71.6 Å². The van der Waals surface area contributed by atoms with E-state index < -0.39 is 15.9 Å². The molecule has 0 saturated carbocycles. The van der Waals surface area contributed by atoms with Crippen molar-refractivity contribution in [3.63, 3.8) is 0 Å². The highest BCUT2D eigenvalue weighted by Crippen LogP contribution is 2.32. The molecule has 0 unspecified atom stereocenters. The molecule has 1 amide bonds. The number of hydrogen-bond acceptors (Lipinski definition) is 5. The summed E-state index contributed by atoms with van der Waals surface area (Å²) in [5.74, 6) is 0.557. The second-order valence-corrected chi connectivity index (χ2v) is 9.04. The number of halogens is 1. The zero-order valence-corrected chi connectivity index (χ0v) is 18.7. The maximum atomic E-state index is 12.7. The minimum Gasteiger partial charge on any atom is -0.455 e. The Kier molecular flexibility index (Phi) is 7.49. The third-order valence-corrected chi connectivity index (χ3v) is 6.11. The molecular weight excluding hydrogens is 450 g/mol. The van der Waals surface area contributed by atoms with Crippen LogP contribution in [-0.2, 0) is 10.0 Å². The van der Waals surface area contributed by atoms with Gasteiger partial charge in [0.1, 0.15) is 5.75 Å². The van der Waals surface area contributed by atoms with Crippen molar-refractivity contribution in [2.24, 2.45) is 0 Å². The highest BCUT2D eigenvalue weighted by atomic mass is 35.5. The molecule has 7 nitrogen and oxygen atoms in total. The summed E-state index contributed by atoms with van der Waals surface area (Å²) in [6.45, 7) is 1.98. The Balaban J connectivity index is 1.76. The van der Waals surface area contributed by atoms with E-state index in [-0.39, 0.29) is 23.4 Å². The highest BCUT2D eigenvalue weighted by molar-refractivity contribution is 7.89. The smallest absolute Gasteiger partial charge is 0.255 e. The number of nitrogens with one attached hydrogen (secondary N) is 2. The fourth-order valence-electron chi connectivity index (χ4n) is 2.73. The van der Waals surface area contributed by atoms with Gasteiger partial charge in [0.25, 0.3) is 5.91 Å². The maximum Gasteiger partial charge on any atom is 0.255 e. The monoisotopic (exact) mass is 469 g/mol. The third kappa shape index (κ3) is 6.08. The molecule has 0 aliphatic carbocycles. The summed E-state index contributed by atoms with van der Waals surface area (Å²) < 4.78 is 32.6. The summed E-state index contributed by atoms with van der Waals surface area (Å²) in [6.07, 6.45) is 0.0619. The Morgan fingerprint density at radius 3 is 2.41 bits per heavy atom. The molecule has 0 saturated heterocycles. The SMILES string of the molecule is Cc1ccc(Oc2ccc(Cl)cc2NC(=O)c2ccc(S(=O)(=O)NCCC#N)cc2)cc1. The van der Waals surface area contributed by atoms with Crippen molar-refractivity contribution < 1.29 is 17.9 Å². The zero-order valence-electron chi connectivity index (χ0n) is 17.1. The lowest BCUT2D eigenvalue weighted by molar-refractivity contribution is 0.102. The van der Waals surface area contributed by atoms with Crippen LogP contribution in [0.2, 0.25) is 5.02 Å². The minimum atomic E-state index is -3.75. The van der Waals surface area contributed by atoms with Gasteiger partial charge in [0, 0.05) is 23.6 Å². The topological polar surface area (TPSA) is 108 Å². The Labute approximate surface area is 191 Å². The fraction of sp³-hybridized carbons (Fsp3) is 0.130. The number of carbonyl (C=O) groups is 1. The second-order valence-electron chi connectivity index (χ2n) is 6.84. The molecule has 164 valence electrons. The fourth-order valence-corrected chi connectivity index (χ4v) is 3.93. The number of nitriles is 1. The summed E-state index contributed by atoms with van der Waals surface area (Å²) in [4.78, 5) is 12.7. The summed E-state index contributed by atoms with van der Waals surface area (Å²) in [5, 5.41) is 11.7. The van der Waals surface area contributed by atoms with Gasteiger partial charge >= 0.3 is 0 Å². The standard InChI is InChI=1S/C23H20ClN3O4S/c1-16-3-8-19(9-4-16)31-22-12-7-18(24)15-21(22)27-23(28)17-5-10-20(11-6-17)32(29,30)26-14-2-13-25/h3-12,15,26H,2,14H2,1H3,(H,27,28). The lowest BCUT2D eigenvalue weighted by Crippen LogP contribution is -2.24. The highest BCUT2D eigenvalue weighted by Gasteiger charge is 2.16. The zero-order chi connectivity index (χ0) is 23.1. The minimum absolute atomic E-state index is 0.00172. The van der Waals surface area contributed by atoms with Crippen LogP contribution in [0.3, 0.4) is 0 Å². The van der Waals surface area contributed by atoms with Gasteiger partial charge in [-0.2, -0.15) is 5.26 Å². The second kappa shape index (κ2) is 10.3. The molecule has 0 atom stereocenters. The normalized spacial score (nSPS) is 10.9. The lowest BCUT2D eigenvalue weighted by atomic mass is 10.2. The van der Waals surface area contributed by atoms with Gasteiger partial charge < -0.3 is 10.1 Å². The summed E-state index contributed by atoms with van der Waals surface area (Å²) in [5.41, 5.74) is 1.72. The number of amides is 1. The van der Waals surface area contributed by atoms with Crippen LogP contribution in [0.1, 0.15) is 22.3 Å². The number of ether oxygens (including phenoxy) is 1. The van der Waals surface area contributed by atoms with Crippen molar-refractivity contribution in [2.75, 3.05) is 11.9 Å². The maximum absolute atomic E-state index is 12.7. The first kappa shape index (κ1) is 23.3. The molecule has 0 fully saturated rings. The quantitative estimate of drug-likeness (QED) is 0.457. The number of benzene rings is 3. The van der Waals surface area contributed by atoms with Gasteiger partial charge in [0.05, 0.1) is 16.7 Å². The van der Waals surface area contributed by atoms with Crippen molar-refractivity contribution in [1.82, 2.24) is 4.72 Å². The molecule has 3 aromatic carbocycles. The number of sulfonamides is 1. The first-order valence-corrected chi connectivity index (χ1v) is 11.5. The predicted octanol–water partition coefficient (Wildman–Crippen LogP) is 4.89. The molecule has 0 aromatic heterocycles. The van der Waals surface area contributed by atoms with Gasteiger partial charge in [-0.15, -0.1) is 0 Å². The number of nitrogens with zero attached hydrogens (tertiary/aromatic N) is 1. The van der Waals surface area contributed by atoms with Crippen molar-refractivity contribution in [3.05, 3.63) is 82.9 Å². The molecular formula is C23H20ClN3O4S. The molecule has 32 heavy (non-hydrogen) atoms. The number of carbonyl (C=O) groups excluding carboxylic acids is 1. The first-order chi connectivity index (χ1) is 15.3. The molecule has 2 N–H and O–H groups in total. The number of rotatable bonds is 8. The lowest BCUT2D eigenvalue weighted by Gasteiger charge is -2.13. The third-order valence-electron chi connectivity index (χ3n) is 4.39. The Morgan fingerprint density at radius 2 is 1.75 bits per heavy atom. The van der Waals surface area contributed by atoms with Gasteiger partial charge in [-0.1, -0.05) is 29.3 Å². The Morgan fingerprint density at radius 1 is 1.06 bits per heavy atom. The summed E-state index contributed by atoms with van der Waals surface area (Å²) >= 11 is 6.09. The van der Waals surface area contributed by atoms with Crippen LogP contribution in [-0.4, -0.2) is 20.9 Å². The molecule has 0 bridgehead atoms. The number of anilines is 1. The predicted molar refractivity (Wildman–Crippen MR) is 123 cm³/mol. The molecule has 3 rings (SSSR count). The van der Waals surface area contributed by atoms with E-state index in [1.165, 1.54) is 24.3 Å². The van der Waals surface area contributed by atoms with Crippen molar-refractivity contribution in [3.8, 4) is 17.6 Å². The van der Waals surface area contributed by atoms with E-state index in [2.05, 4.69) is 10.0 Å². The van der Waals surface area contributed by atoms with E-state index in [0.29, 0.717) is 22.2 Å². The van der Waals surface area contributed by atoms with E-state index in [1.807, 2.05) is 37.3 Å². The number of hydrogen-bond donors (Lipinski definition) is 2. The van der Waals surface area contributed by atoms with Crippen LogP contribution in [0, 0.1) is 18.3 Å². The Hall–Kier alpha value is -3.38. The summed E-state index contributed by atoms with van der Waals surface area (Å²) in [6, 6.07) is 19.7. The number of aryl methyl sites for hydroxylation is 1. The Bertz CT molecular complexity index is 1250. The average Bonchev–Trinajstić information content (AvgIpc) is 2.77. The van der Waals surface area contributed by atoms with Crippen molar-refractivity contribution in [2.45, 2.75) is 18.2 Å². The van der Waals surface area contributed by atoms with E-state index in [0.717, 1.165) is 5.56 Å². The van der Waals surface area contributed by atoms with E-state index in [4.69, 9.17) is 21.6 Å².